The lowest BCUT2D eigenvalue weighted by atomic mass is 10.1. The molecule has 0 aromatic carbocycles. The summed E-state index contributed by atoms with van der Waals surface area (Å²) >= 11 is 0. The van der Waals surface area contributed by atoms with Gasteiger partial charge in [0.2, 0.25) is 0 Å². The SMILES string of the molecule is O=NC(=O)C1CCNC1. The molecule has 50 valence electrons. The first-order chi connectivity index (χ1) is 4.34. The summed E-state index contributed by atoms with van der Waals surface area (Å²) in [6.07, 6.45) is 0.755. The maximum absolute atomic E-state index is 10.5. The minimum absolute atomic E-state index is 0.150. The van der Waals surface area contributed by atoms with Gasteiger partial charge in [-0.25, -0.2) is 0 Å². The molecule has 0 radical (unpaired) electrons. The van der Waals surface area contributed by atoms with Crippen molar-refractivity contribution < 1.29 is 4.79 Å². The predicted molar refractivity (Wildman–Crippen MR) is 31.8 cm³/mol. The smallest absolute Gasteiger partial charge is 0.290 e. The van der Waals surface area contributed by atoms with Crippen molar-refractivity contribution in [3.63, 3.8) is 0 Å². The molecule has 1 rings (SSSR count). The molecule has 9 heavy (non-hydrogen) atoms. The van der Waals surface area contributed by atoms with Gasteiger partial charge in [0.15, 0.2) is 0 Å². The van der Waals surface area contributed by atoms with E-state index in [-0.39, 0.29) is 5.92 Å². The van der Waals surface area contributed by atoms with E-state index in [0.29, 0.717) is 6.54 Å². The van der Waals surface area contributed by atoms with Crippen molar-refractivity contribution in [2.75, 3.05) is 13.1 Å². The molecular weight excluding hydrogens is 120 g/mol. The van der Waals surface area contributed by atoms with Crippen LogP contribution >= 0.6 is 0 Å². The monoisotopic (exact) mass is 128 g/mol. The Morgan fingerprint density at radius 1 is 1.67 bits per heavy atom. The quantitative estimate of drug-likeness (QED) is 0.501. The largest absolute Gasteiger partial charge is 0.316 e. The van der Waals surface area contributed by atoms with Crippen LogP contribution in [0.3, 0.4) is 0 Å². The summed E-state index contributed by atoms with van der Waals surface area (Å²) < 4.78 is 0. The molecule has 0 aromatic rings. The summed E-state index contributed by atoms with van der Waals surface area (Å²) in [4.78, 5) is 20.2. The van der Waals surface area contributed by atoms with E-state index in [2.05, 4.69) is 10.5 Å². The highest BCUT2D eigenvalue weighted by atomic mass is 16.3. The van der Waals surface area contributed by atoms with Crippen LogP contribution < -0.4 is 5.32 Å². The van der Waals surface area contributed by atoms with Crippen molar-refractivity contribution in [1.29, 1.82) is 0 Å². The summed E-state index contributed by atoms with van der Waals surface area (Å²) in [7, 11) is 0. The van der Waals surface area contributed by atoms with Gasteiger partial charge < -0.3 is 5.32 Å². The number of nitrogens with zero attached hydrogens (tertiary/aromatic N) is 1. The van der Waals surface area contributed by atoms with E-state index >= 15 is 0 Å². The Kier molecular flexibility index (Phi) is 1.89. The van der Waals surface area contributed by atoms with E-state index in [1.807, 2.05) is 0 Å². The number of hydrogen-bond acceptors (Lipinski definition) is 3. The van der Waals surface area contributed by atoms with Crippen molar-refractivity contribution in [3.05, 3.63) is 4.91 Å². The van der Waals surface area contributed by atoms with Crippen LogP contribution in [0.25, 0.3) is 0 Å². The third-order valence-corrected chi connectivity index (χ3v) is 1.50. The number of hydrogen-bond donors (Lipinski definition) is 1. The molecule has 0 spiro atoms. The van der Waals surface area contributed by atoms with Crippen LogP contribution in [0.15, 0.2) is 5.18 Å². The fourth-order valence-electron chi connectivity index (χ4n) is 0.940. The topological polar surface area (TPSA) is 58.5 Å². The number of carbonyl (C=O) groups excluding carboxylic acids is 1. The van der Waals surface area contributed by atoms with Gasteiger partial charge in [-0.05, 0) is 13.0 Å². The van der Waals surface area contributed by atoms with Crippen molar-refractivity contribution >= 4 is 5.91 Å². The summed E-state index contributed by atoms with van der Waals surface area (Å²) in [5.74, 6) is -0.664. The van der Waals surface area contributed by atoms with Crippen LogP contribution in [-0.4, -0.2) is 19.0 Å². The highest BCUT2D eigenvalue weighted by Crippen LogP contribution is 2.08. The Balaban J connectivity index is 2.41. The van der Waals surface area contributed by atoms with E-state index in [1.165, 1.54) is 0 Å². The van der Waals surface area contributed by atoms with Gasteiger partial charge in [0.05, 0.1) is 5.92 Å². The first-order valence-corrected chi connectivity index (χ1v) is 2.92. The highest BCUT2D eigenvalue weighted by molar-refractivity contribution is 5.79. The second-order valence-corrected chi connectivity index (χ2v) is 2.12. The number of nitroso groups, excluding NO2 is 1. The van der Waals surface area contributed by atoms with Crippen LogP contribution in [0, 0.1) is 10.8 Å². The normalized spacial score (nSPS) is 26.0. The molecule has 1 heterocycles. The first kappa shape index (κ1) is 6.35. The average molecular weight is 128 g/mol. The highest BCUT2D eigenvalue weighted by Gasteiger charge is 2.22. The molecule has 4 nitrogen and oxygen atoms in total. The minimum atomic E-state index is -0.514. The fraction of sp³-hybridized carbons (Fsp3) is 0.800. The summed E-state index contributed by atoms with van der Waals surface area (Å²) in [5, 5.41) is 5.31. The van der Waals surface area contributed by atoms with Gasteiger partial charge in [0.25, 0.3) is 5.91 Å². The summed E-state index contributed by atoms with van der Waals surface area (Å²) in [6, 6.07) is 0. The molecule has 1 N–H and O–H groups in total. The molecule has 0 aromatic heterocycles. The van der Waals surface area contributed by atoms with Crippen molar-refractivity contribution in [3.8, 4) is 0 Å². The zero-order valence-corrected chi connectivity index (χ0v) is 4.96. The van der Waals surface area contributed by atoms with Crippen LogP contribution in [0.1, 0.15) is 6.42 Å². The molecule has 1 unspecified atom stereocenters. The van der Waals surface area contributed by atoms with Gasteiger partial charge in [0.1, 0.15) is 0 Å². The van der Waals surface area contributed by atoms with Crippen molar-refractivity contribution in [1.82, 2.24) is 5.32 Å². The average Bonchev–Trinajstić information content (AvgIpc) is 2.37. The predicted octanol–water partition coefficient (Wildman–Crippen LogP) is -0.111. The van der Waals surface area contributed by atoms with E-state index in [9.17, 15) is 9.70 Å². The molecule has 1 amide bonds. The Morgan fingerprint density at radius 3 is 2.89 bits per heavy atom. The van der Waals surface area contributed by atoms with Crippen LogP contribution in [0.5, 0.6) is 0 Å². The lowest BCUT2D eigenvalue weighted by Gasteiger charge is -1.95. The number of nitrogens with one attached hydrogen (secondary N) is 1. The molecule has 1 atom stereocenters. The third-order valence-electron chi connectivity index (χ3n) is 1.50. The molecule has 4 heteroatoms. The Labute approximate surface area is 52.6 Å². The van der Waals surface area contributed by atoms with Crippen molar-refractivity contribution in [2.45, 2.75) is 6.42 Å². The fourth-order valence-corrected chi connectivity index (χ4v) is 0.940. The minimum Gasteiger partial charge on any atom is -0.316 e. The lowest BCUT2D eigenvalue weighted by Crippen LogP contribution is -2.15. The third kappa shape index (κ3) is 1.32. The van der Waals surface area contributed by atoms with Gasteiger partial charge in [-0.1, -0.05) is 0 Å². The van der Waals surface area contributed by atoms with Gasteiger partial charge in [-0.2, -0.15) is 0 Å². The van der Waals surface area contributed by atoms with E-state index in [0.717, 1.165) is 13.0 Å². The number of carbonyl (C=O) groups is 1. The number of amides is 1. The molecule has 0 bridgehead atoms. The molecule has 0 aliphatic carbocycles. The maximum Gasteiger partial charge on any atom is 0.290 e. The summed E-state index contributed by atoms with van der Waals surface area (Å²) in [6.45, 7) is 1.44. The second kappa shape index (κ2) is 2.68. The maximum atomic E-state index is 10.5. The summed E-state index contributed by atoms with van der Waals surface area (Å²) in [5.41, 5.74) is 0. The molecule has 1 aliphatic heterocycles. The Hall–Kier alpha value is -0.770. The van der Waals surface area contributed by atoms with E-state index in [1.54, 1.807) is 0 Å². The zero-order chi connectivity index (χ0) is 6.69. The van der Waals surface area contributed by atoms with Gasteiger partial charge >= 0.3 is 0 Å². The van der Waals surface area contributed by atoms with Gasteiger partial charge in [-0.15, -0.1) is 4.91 Å². The van der Waals surface area contributed by atoms with Crippen molar-refractivity contribution in [2.24, 2.45) is 11.1 Å². The molecular formula is C5H8N2O2. The van der Waals surface area contributed by atoms with Crippen LogP contribution in [0.4, 0.5) is 0 Å². The van der Waals surface area contributed by atoms with E-state index < -0.39 is 5.91 Å². The van der Waals surface area contributed by atoms with Gasteiger partial charge in [-0.3, -0.25) is 4.79 Å². The standard InChI is InChI=1S/C5H8N2O2/c8-5(7-9)4-1-2-6-3-4/h4,6H,1-3H2. The van der Waals surface area contributed by atoms with Crippen LogP contribution in [0.2, 0.25) is 0 Å². The Morgan fingerprint density at radius 2 is 2.44 bits per heavy atom. The second-order valence-electron chi connectivity index (χ2n) is 2.12. The molecule has 1 aliphatic rings. The van der Waals surface area contributed by atoms with E-state index in [4.69, 9.17) is 0 Å². The molecule has 1 saturated heterocycles. The number of rotatable bonds is 1. The molecule has 0 saturated carbocycles. The molecule has 1 fully saturated rings. The van der Waals surface area contributed by atoms with Gasteiger partial charge in [0, 0.05) is 11.7 Å². The van der Waals surface area contributed by atoms with Crippen LogP contribution in [-0.2, 0) is 4.79 Å². The Bertz CT molecular complexity index is 129. The lowest BCUT2D eigenvalue weighted by molar-refractivity contribution is -0.121. The first-order valence-electron chi connectivity index (χ1n) is 2.92. The zero-order valence-electron chi connectivity index (χ0n) is 4.96.